The molecule has 6 nitrogen and oxygen atoms in total. The van der Waals surface area contributed by atoms with Crippen molar-refractivity contribution in [2.75, 3.05) is 26.6 Å². The van der Waals surface area contributed by atoms with Gasteiger partial charge in [-0.05, 0) is 13.8 Å². The van der Waals surface area contributed by atoms with Crippen LogP contribution in [0.5, 0.6) is 0 Å². The van der Waals surface area contributed by atoms with Crippen molar-refractivity contribution < 1.29 is 28.4 Å². The summed E-state index contributed by atoms with van der Waals surface area (Å²) in [7, 11) is 0. The van der Waals surface area contributed by atoms with E-state index >= 15 is 0 Å². The molecule has 0 bridgehead atoms. The lowest BCUT2D eigenvalue weighted by Gasteiger charge is -2.42. The minimum atomic E-state index is -0.943. The molecule has 0 amide bonds. The maximum absolute atomic E-state index is 5.92. The van der Waals surface area contributed by atoms with Gasteiger partial charge < -0.3 is 28.4 Å². The number of fused-ring (bicyclic) bond motifs is 1. The fraction of sp³-hybridized carbons (Fsp3) is 0.846. The Labute approximate surface area is 112 Å². The summed E-state index contributed by atoms with van der Waals surface area (Å²) in [6, 6.07) is 0. The molecule has 0 aromatic carbocycles. The van der Waals surface area contributed by atoms with Crippen LogP contribution in [-0.4, -0.2) is 56.5 Å². The maximum atomic E-state index is 5.92. The Morgan fingerprint density at radius 3 is 2.84 bits per heavy atom. The van der Waals surface area contributed by atoms with Crippen LogP contribution in [0, 0.1) is 12.3 Å². The molecule has 6 heteroatoms. The Kier molecular flexibility index (Phi) is 3.29. The van der Waals surface area contributed by atoms with E-state index in [2.05, 4.69) is 5.92 Å². The molecular formula is C13H18O6. The van der Waals surface area contributed by atoms with Crippen LogP contribution in [0.25, 0.3) is 0 Å². The van der Waals surface area contributed by atoms with Crippen molar-refractivity contribution in [2.45, 2.75) is 43.7 Å². The summed E-state index contributed by atoms with van der Waals surface area (Å²) in [5.41, 5.74) is 0. The van der Waals surface area contributed by atoms with Crippen LogP contribution in [0.4, 0.5) is 0 Å². The summed E-state index contributed by atoms with van der Waals surface area (Å²) in [4.78, 5) is 0. The first-order valence-electron chi connectivity index (χ1n) is 6.33. The lowest BCUT2D eigenvalue weighted by Crippen LogP contribution is -2.62. The summed E-state index contributed by atoms with van der Waals surface area (Å²) in [6.07, 6.45) is 4.33. The molecule has 3 heterocycles. The van der Waals surface area contributed by atoms with Crippen molar-refractivity contribution in [3.05, 3.63) is 0 Å². The molecule has 0 aromatic heterocycles. The van der Waals surface area contributed by atoms with E-state index in [9.17, 15) is 0 Å². The predicted molar refractivity (Wildman–Crippen MR) is 63.0 cm³/mol. The number of rotatable bonds is 2. The third-order valence-corrected chi connectivity index (χ3v) is 3.48. The number of hydrogen-bond donors (Lipinski definition) is 0. The maximum Gasteiger partial charge on any atom is 0.224 e. The first-order valence-corrected chi connectivity index (χ1v) is 6.33. The van der Waals surface area contributed by atoms with E-state index in [1.165, 1.54) is 0 Å². The zero-order valence-electron chi connectivity index (χ0n) is 11.1. The molecule has 3 saturated heterocycles. The number of terminal acetylenes is 1. The van der Waals surface area contributed by atoms with Gasteiger partial charge in [0.2, 0.25) is 5.79 Å². The number of ether oxygens (including phenoxy) is 6. The van der Waals surface area contributed by atoms with Gasteiger partial charge in [0, 0.05) is 0 Å². The van der Waals surface area contributed by atoms with E-state index in [1.807, 2.05) is 13.8 Å². The average Bonchev–Trinajstić information content (AvgIpc) is 2.93. The van der Waals surface area contributed by atoms with Crippen LogP contribution in [0.15, 0.2) is 0 Å². The quantitative estimate of drug-likeness (QED) is 0.671. The third kappa shape index (κ3) is 2.27. The Morgan fingerprint density at radius 2 is 2.16 bits per heavy atom. The molecule has 106 valence electrons. The molecule has 0 saturated carbocycles. The van der Waals surface area contributed by atoms with Gasteiger partial charge in [0.1, 0.15) is 31.5 Å². The molecule has 3 aliphatic rings. The molecule has 19 heavy (non-hydrogen) atoms. The third-order valence-electron chi connectivity index (χ3n) is 3.48. The lowest BCUT2D eigenvalue weighted by atomic mass is 9.97. The van der Waals surface area contributed by atoms with Crippen molar-refractivity contribution in [1.29, 1.82) is 0 Å². The predicted octanol–water partition coefficient (Wildman–Crippen LogP) is 0.256. The molecular weight excluding hydrogens is 252 g/mol. The normalized spacial score (nSPS) is 44.2. The SMILES string of the molecule is C#CCOC1C2OC(C)(C)OC2COC12COCO2. The summed E-state index contributed by atoms with van der Waals surface area (Å²) >= 11 is 0. The molecule has 4 unspecified atom stereocenters. The summed E-state index contributed by atoms with van der Waals surface area (Å²) < 4.78 is 34.1. The van der Waals surface area contributed by atoms with Gasteiger partial charge in [0.05, 0.1) is 6.61 Å². The van der Waals surface area contributed by atoms with E-state index in [0.29, 0.717) is 13.2 Å². The average molecular weight is 270 g/mol. The van der Waals surface area contributed by atoms with Gasteiger partial charge in [-0.2, -0.15) is 0 Å². The van der Waals surface area contributed by atoms with Crippen LogP contribution in [-0.2, 0) is 28.4 Å². The van der Waals surface area contributed by atoms with E-state index in [-0.39, 0.29) is 25.6 Å². The van der Waals surface area contributed by atoms with Crippen molar-refractivity contribution in [1.82, 2.24) is 0 Å². The monoisotopic (exact) mass is 270 g/mol. The Balaban J connectivity index is 1.83. The van der Waals surface area contributed by atoms with Crippen LogP contribution in [0.2, 0.25) is 0 Å². The van der Waals surface area contributed by atoms with E-state index in [4.69, 9.17) is 34.8 Å². The summed E-state index contributed by atoms with van der Waals surface area (Å²) in [6.45, 7) is 4.75. The largest absolute Gasteiger partial charge is 0.357 e. The Hall–Kier alpha value is -0.680. The topological polar surface area (TPSA) is 55.4 Å². The zero-order chi connectivity index (χ0) is 13.5. The van der Waals surface area contributed by atoms with Crippen LogP contribution < -0.4 is 0 Å². The van der Waals surface area contributed by atoms with Gasteiger partial charge in [-0.15, -0.1) is 6.42 Å². The smallest absolute Gasteiger partial charge is 0.224 e. The lowest BCUT2D eigenvalue weighted by molar-refractivity contribution is -0.310. The fourth-order valence-corrected chi connectivity index (χ4v) is 2.78. The first kappa shape index (κ1) is 13.3. The second-order valence-electron chi connectivity index (χ2n) is 5.31. The molecule has 3 rings (SSSR count). The highest BCUT2D eigenvalue weighted by atomic mass is 16.8. The van der Waals surface area contributed by atoms with Gasteiger partial charge >= 0.3 is 0 Å². The molecule has 0 aliphatic carbocycles. The fourth-order valence-electron chi connectivity index (χ4n) is 2.78. The Bertz CT molecular complexity index is 381. The molecule has 0 N–H and O–H groups in total. The number of hydrogen-bond acceptors (Lipinski definition) is 6. The molecule has 1 spiro atoms. The molecule has 0 radical (unpaired) electrons. The van der Waals surface area contributed by atoms with Crippen LogP contribution in [0.3, 0.4) is 0 Å². The van der Waals surface area contributed by atoms with Crippen LogP contribution in [0.1, 0.15) is 13.8 Å². The van der Waals surface area contributed by atoms with E-state index < -0.39 is 17.7 Å². The Morgan fingerprint density at radius 1 is 1.32 bits per heavy atom. The minimum absolute atomic E-state index is 0.159. The van der Waals surface area contributed by atoms with Gasteiger partial charge in [-0.1, -0.05) is 5.92 Å². The van der Waals surface area contributed by atoms with Gasteiger partial charge in [0.25, 0.3) is 0 Å². The molecule has 4 atom stereocenters. The summed E-state index contributed by atoms with van der Waals surface area (Å²) in [5, 5.41) is 0. The minimum Gasteiger partial charge on any atom is -0.357 e. The van der Waals surface area contributed by atoms with Gasteiger partial charge in [-0.3, -0.25) is 0 Å². The van der Waals surface area contributed by atoms with E-state index in [1.54, 1.807) is 0 Å². The van der Waals surface area contributed by atoms with Crippen molar-refractivity contribution in [3.63, 3.8) is 0 Å². The van der Waals surface area contributed by atoms with Crippen molar-refractivity contribution in [3.8, 4) is 12.3 Å². The molecule has 3 fully saturated rings. The second-order valence-corrected chi connectivity index (χ2v) is 5.31. The molecule has 3 aliphatic heterocycles. The second kappa shape index (κ2) is 4.70. The van der Waals surface area contributed by atoms with Gasteiger partial charge in [0.15, 0.2) is 12.6 Å². The zero-order valence-corrected chi connectivity index (χ0v) is 11.1. The highest BCUT2D eigenvalue weighted by molar-refractivity contribution is 5.01. The summed E-state index contributed by atoms with van der Waals surface area (Å²) in [5.74, 6) is 0.844. The van der Waals surface area contributed by atoms with Crippen molar-refractivity contribution in [2.24, 2.45) is 0 Å². The van der Waals surface area contributed by atoms with Crippen LogP contribution >= 0.6 is 0 Å². The first-order chi connectivity index (χ1) is 9.06. The van der Waals surface area contributed by atoms with Crippen molar-refractivity contribution >= 4 is 0 Å². The molecule has 0 aromatic rings. The standard InChI is InChI=1S/C13H18O6/c1-4-5-15-11-10-9(18-12(2,3)19-10)6-16-13(11)7-14-8-17-13/h1,9-11H,5-8H2,2-3H3. The van der Waals surface area contributed by atoms with E-state index in [0.717, 1.165) is 0 Å². The highest BCUT2D eigenvalue weighted by Gasteiger charge is 2.60. The van der Waals surface area contributed by atoms with Gasteiger partial charge in [-0.25, -0.2) is 0 Å². The highest BCUT2D eigenvalue weighted by Crippen LogP contribution is 2.41.